The standard InChI is InChI=1S/C29H35F3N4O2/c1-17-22(8-7-9-25(17)29(30,31)32)18(2)33-26-24-16-21(10-11-23(24)19(3)34-35-26)20-12-14-36(15-13-20)27(37)38-28(4,5)6/h7-11,16,18,20H,12-15H2,1-6H3,(H,33,35)/t18-/m1/s1. The van der Waals surface area contributed by atoms with E-state index < -0.39 is 23.4 Å². The average molecular weight is 529 g/mol. The highest BCUT2D eigenvalue weighted by molar-refractivity contribution is 5.93. The summed E-state index contributed by atoms with van der Waals surface area (Å²) in [6, 6.07) is 10.0. The van der Waals surface area contributed by atoms with Crippen LogP contribution in [0.3, 0.4) is 0 Å². The molecule has 0 aliphatic carbocycles. The number of ether oxygens (including phenoxy) is 1. The number of benzene rings is 2. The molecule has 1 N–H and O–H groups in total. The van der Waals surface area contributed by atoms with Gasteiger partial charge in [0.15, 0.2) is 5.82 Å². The smallest absolute Gasteiger partial charge is 0.416 e. The number of aromatic nitrogens is 2. The Morgan fingerprint density at radius 1 is 1.05 bits per heavy atom. The van der Waals surface area contributed by atoms with Crippen LogP contribution in [0, 0.1) is 13.8 Å². The quantitative estimate of drug-likeness (QED) is 0.379. The van der Waals surface area contributed by atoms with E-state index in [1.807, 2.05) is 40.7 Å². The van der Waals surface area contributed by atoms with Gasteiger partial charge in [-0.15, -0.1) is 5.10 Å². The first kappa shape index (κ1) is 27.7. The summed E-state index contributed by atoms with van der Waals surface area (Å²) in [5.74, 6) is 0.797. The average Bonchev–Trinajstić information content (AvgIpc) is 2.84. The molecule has 0 bridgehead atoms. The minimum atomic E-state index is -4.41. The number of amides is 1. The molecule has 6 nitrogen and oxygen atoms in total. The predicted molar refractivity (Wildman–Crippen MR) is 142 cm³/mol. The van der Waals surface area contributed by atoms with E-state index >= 15 is 0 Å². The number of anilines is 1. The Bertz CT molecular complexity index is 1330. The lowest BCUT2D eigenvalue weighted by Gasteiger charge is -2.33. The molecule has 1 atom stereocenters. The summed E-state index contributed by atoms with van der Waals surface area (Å²) < 4.78 is 45.9. The number of piperidine rings is 1. The van der Waals surface area contributed by atoms with Crippen LogP contribution in [0.15, 0.2) is 36.4 Å². The molecule has 1 saturated heterocycles. The third-order valence-corrected chi connectivity index (χ3v) is 7.11. The largest absolute Gasteiger partial charge is 0.444 e. The van der Waals surface area contributed by atoms with Crippen molar-refractivity contribution in [2.45, 2.75) is 78.1 Å². The Morgan fingerprint density at radius 2 is 1.74 bits per heavy atom. The predicted octanol–water partition coefficient (Wildman–Crippen LogP) is 7.55. The van der Waals surface area contributed by atoms with Crippen molar-refractivity contribution >= 4 is 22.7 Å². The SMILES string of the molecule is Cc1c([C@@H](C)Nc2nnc(C)c3ccc(C4CCN(C(=O)OC(C)(C)C)CC4)cc23)cccc1C(F)(F)F. The Morgan fingerprint density at radius 3 is 2.37 bits per heavy atom. The van der Waals surface area contributed by atoms with Crippen molar-refractivity contribution in [2.24, 2.45) is 0 Å². The lowest BCUT2D eigenvalue weighted by atomic mass is 9.88. The van der Waals surface area contributed by atoms with E-state index in [-0.39, 0.29) is 17.6 Å². The van der Waals surface area contributed by atoms with E-state index in [9.17, 15) is 18.0 Å². The summed E-state index contributed by atoms with van der Waals surface area (Å²) in [6.07, 6.45) is -3.08. The van der Waals surface area contributed by atoms with Gasteiger partial charge in [-0.1, -0.05) is 24.3 Å². The van der Waals surface area contributed by atoms with Gasteiger partial charge in [-0.25, -0.2) is 4.79 Å². The number of nitrogens with one attached hydrogen (secondary N) is 1. The fourth-order valence-electron chi connectivity index (χ4n) is 5.10. The molecule has 4 rings (SSSR count). The molecule has 1 fully saturated rings. The van der Waals surface area contributed by atoms with Gasteiger partial charge in [0.05, 0.1) is 17.3 Å². The summed E-state index contributed by atoms with van der Waals surface area (Å²) in [7, 11) is 0. The van der Waals surface area contributed by atoms with Crippen molar-refractivity contribution in [2.75, 3.05) is 18.4 Å². The highest BCUT2D eigenvalue weighted by Crippen LogP contribution is 2.37. The van der Waals surface area contributed by atoms with Crippen molar-refractivity contribution in [3.63, 3.8) is 0 Å². The van der Waals surface area contributed by atoms with Gasteiger partial charge in [0, 0.05) is 23.9 Å². The zero-order valence-electron chi connectivity index (χ0n) is 22.7. The summed E-state index contributed by atoms with van der Waals surface area (Å²) in [5, 5.41) is 13.8. The molecule has 38 heavy (non-hydrogen) atoms. The molecule has 2 heterocycles. The summed E-state index contributed by atoms with van der Waals surface area (Å²) in [4.78, 5) is 14.2. The molecular formula is C29H35F3N4O2. The molecule has 3 aromatic rings. The molecule has 1 amide bonds. The molecule has 1 aromatic heterocycles. The zero-order valence-corrected chi connectivity index (χ0v) is 22.7. The third-order valence-electron chi connectivity index (χ3n) is 7.11. The van der Waals surface area contributed by atoms with Crippen LogP contribution in [0.1, 0.15) is 80.4 Å². The monoisotopic (exact) mass is 528 g/mol. The van der Waals surface area contributed by atoms with Crippen LogP contribution in [0.5, 0.6) is 0 Å². The topological polar surface area (TPSA) is 67.4 Å². The van der Waals surface area contributed by atoms with Gasteiger partial charge in [-0.2, -0.15) is 18.3 Å². The van der Waals surface area contributed by atoms with Crippen molar-refractivity contribution in [1.29, 1.82) is 0 Å². The van der Waals surface area contributed by atoms with Crippen LogP contribution in [0.2, 0.25) is 0 Å². The molecule has 204 valence electrons. The first-order valence-electron chi connectivity index (χ1n) is 12.9. The third kappa shape index (κ3) is 6.03. The van der Waals surface area contributed by atoms with Crippen molar-refractivity contribution in [1.82, 2.24) is 15.1 Å². The van der Waals surface area contributed by atoms with Gasteiger partial charge in [0.25, 0.3) is 0 Å². The van der Waals surface area contributed by atoms with Gasteiger partial charge in [0.1, 0.15) is 5.60 Å². The number of fused-ring (bicyclic) bond motifs is 1. The highest BCUT2D eigenvalue weighted by atomic mass is 19.4. The second-order valence-electron chi connectivity index (χ2n) is 11.1. The van der Waals surface area contributed by atoms with Crippen molar-refractivity contribution in [3.8, 4) is 0 Å². The Balaban J connectivity index is 1.57. The second kappa shape index (κ2) is 10.4. The molecule has 0 saturated carbocycles. The lowest BCUT2D eigenvalue weighted by molar-refractivity contribution is -0.138. The summed E-state index contributed by atoms with van der Waals surface area (Å²) in [5.41, 5.74) is 1.50. The Hall–Kier alpha value is -3.36. The van der Waals surface area contributed by atoms with Crippen LogP contribution in [0.4, 0.5) is 23.8 Å². The van der Waals surface area contributed by atoms with E-state index in [1.165, 1.54) is 13.0 Å². The van der Waals surface area contributed by atoms with Gasteiger partial charge in [-0.05, 0) is 89.1 Å². The lowest BCUT2D eigenvalue weighted by Crippen LogP contribution is -2.41. The van der Waals surface area contributed by atoms with Crippen LogP contribution in [-0.2, 0) is 10.9 Å². The van der Waals surface area contributed by atoms with Crippen LogP contribution >= 0.6 is 0 Å². The number of likely N-dealkylation sites (tertiary alicyclic amines) is 1. The maximum atomic E-state index is 13.5. The van der Waals surface area contributed by atoms with E-state index in [1.54, 1.807) is 11.0 Å². The summed E-state index contributed by atoms with van der Waals surface area (Å²) >= 11 is 0. The van der Waals surface area contributed by atoms with E-state index in [0.29, 0.717) is 24.5 Å². The highest BCUT2D eigenvalue weighted by Gasteiger charge is 2.33. The van der Waals surface area contributed by atoms with Crippen LogP contribution in [-0.4, -0.2) is 39.9 Å². The van der Waals surface area contributed by atoms with Gasteiger partial charge in [0.2, 0.25) is 0 Å². The van der Waals surface area contributed by atoms with Gasteiger partial charge < -0.3 is 15.0 Å². The molecule has 9 heteroatoms. The zero-order chi connectivity index (χ0) is 27.8. The number of nitrogens with zero attached hydrogens (tertiary/aromatic N) is 3. The van der Waals surface area contributed by atoms with E-state index in [0.717, 1.165) is 40.9 Å². The molecule has 0 unspecified atom stereocenters. The number of hydrogen-bond donors (Lipinski definition) is 1. The molecule has 1 aliphatic rings. The van der Waals surface area contributed by atoms with Crippen molar-refractivity contribution < 1.29 is 22.7 Å². The molecular weight excluding hydrogens is 493 g/mol. The number of aryl methyl sites for hydroxylation is 1. The summed E-state index contributed by atoms with van der Waals surface area (Å²) in [6.45, 7) is 12.0. The number of rotatable bonds is 4. The normalized spacial score (nSPS) is 16.0. The fraction of sp³-hybridized carbons (Fsp3) is 0.483. The second-order valence-corrected chi connectivity index (χ2v) is 11.1. The fourth-order valence-corrected chi connectivity index (χ4v) is 5.10. The maximum absolute atomic E-state index is 13.5. The van der Waals surface area contributed by atoms with Crippen LogP contribution < -0.4 is 5.32 Å². The minimum Gasteiger partial charge on any atom is -0.444 e. The molecule has 2 aromatic carbocycles. The Kier molecular flexibility index (Phi) is 7.59. The van der Waals surface area contributed by atoms with E-state index in [4.69, 9.17) is 4.74 Å². The maximum Gasteiger partial charge on any atom is 0.416 e. The number of carbonyl (C=O) groups is 1. The Labute approximate surface area is 221 Å². The van der Waals surface area contributed by atoms with E-state index in [2.05, 4.69) is 27.6 Å². The first-order chi connectivity index (χ1) is 17.7. The first-order valence-corrected chi connectivity index (χ1v) is 12.9. The van der Waals surface area contributed by atoms with Gasteiger partial charge >= 0.3 is 12.3 Å². The minimum absolute atomic E-state index is 0.196. The number of hydrogen-bond acceptors (Lipinski definition) is 5. The van der Waals surface area contributed by atoms with Crippen LogP contribution in [0.25, 0.3) is 10.8 Å². The molecule has 0 spiro atoms. The number of alkyl halides is 3. The van der Waals surface area contributed by atoms with Crippen molar-refractivity contribution in [3.05, 3.63) is 64.3 Å². The number of carbonyl (C=O) groups excluding carboxylic acids is 1. The number of halogens is 3. The molecule has 1 aliphatic heterocycles. The molecule has 0 radical (unpaired) electrons. The van der Waals surface area contributed by atoms with Gasteiger partial charge in [-0.3, -0.25) is 0 Å².